The topological polar surface area (TPSA) is 86.1 Å². The maximum atomic E-state index is 13.4. The van der Waals surface area contributed by atoms with Crippen molar-refractivity contribution in [3.63, 3.8) is 0 Å². The number of aromatic nitrogens is 3. The minimum atomic E-state index is -0.424. The highest BCUT2D eigenvalue weighted by molar-refractivity contribution is 5.83. The van der Waals surface area contributed by atoms with Crippen LogP contribution in [0.4, 0.5) is 4.39 Å². The molecule has 1 N–H and O–H groups in total. The summed E-state index contributed by atoms with van der Waals surface area (Å²) in [6.45, 7) is 1.70. The van der Waals surface area contributed by atoms with Gasteiger partial charge in [0.15, 0.2) is 0 Å². The highest BCUT2D eigenvalue weighted by atomic mass is 19.1. The van der Waals surface area contributed by atoms with Crippen molar-refractivity contribution in [3.8, 4) is 11.6 Å². The Morgan fingerprint density at radius 3 is 2.71 bits per heavy atom. The molecule has 0 saturated heterocycles. The van der Waals surface area contributed by atoms with Gasteiger partial charge in [-0.1, -0.05) is 30.3 Å². The van der Waals surface area contributed by atoms with E-state index in [0.29, 0.717) is 22.4 Å². The summed E-state index contributed by atoms with van der Waals surface area (Å²) in [5.74, 6) is -0.254. The molecule has 8 heteroatoms. The summed E-state index contributed by atoms with van der Waals surface area (Å²) >= 11 is 0. The Balaban J connectivity index is 1.47. The first kappa shape index (κ1) is 20.2. The lowest BCUT2D eigenvalue weighted by molar-refractivity contribution is -0.122. The molecule has 0 atom stereocenters. The van der Waals surface area contributed by atoms with Gasteiger partial charge in [-0.2, -0.15) is 5.10 Å². The van der Waals surface area contributed by atoms with Crippen molar-refractivity contribution in [1.82, 2.24) is 20.1 Å². The molecular weight excluding hydrogens is 399 g/mol. The van der Waals surface area contributed by atoms with Crippen molar-refractivity contribution in [2.24, 2.45) is 0 Å². The Bertz CT molecular complexity index is 1320. The summed E-state index contributed by atoms with van der Waals surface area (Å²) in [5, 5.41) is 8.27. The standard InChI is InChI=1S/C23H19FN4O3/c1-15-19-9-2-3-10-20(19)23(30)28(27-15)14-21(29)26-13-16-6-5-11-25-22(16)31-18-8-4-7-17(24)12-18/h2-12H,13-14H2,1H3,(H,26,29). The van der Waals surface area contributed by atoms with Crippen LogP contribution in [0.5, 0.6) is 11.6 Å². The van der Waals surface area contributed by atoms with Crippen LogP contribution in [-0.2, 0) is 17.9 Å². The fourth-order valence-electron chi connectivity index (χ4n) is 3.19. The lowest BCUT2D eigenvalue weighted by atomic mass is 10.1. The first-order valence-electron chi connectivity index (χ1n) is 9.62. The number of hydrogen-bond donors (Lipinski definition) is 1. The normalized spacial score (nSPS) is 10.8. The Labute approximate surface area is 177 Å². The van der Waals surface area contributed by atoms with Gasteiger partial charge in [-0.15, -0.1) is 0 Å². The minimum absolute atomic E-state index is 0.124. The molecule has 0 spiro atoms. The highest BCUT2D eigenvalue weighted by Gasteiger charge is 2.12. The number of nitrogens with zero attached hydrogens (tertiary/aromatic N) is 3. The number of amides is 1. The van der Waals surface area contributed by atoms with E-state index in [1.807, 2.05) is 12.1 Å². The molecule has 0 bridgehead atoms. The summed E-state index contributed by atoms with van der Waals surface area (Å²) in [6, 6.07) is 16.3. The molecule has 0 radical (unpaired) electrons. The SMILES string of the molecule is Cc1nn(CC(=O)NCc2cccnc2Oc2cccc(F)c2)c(=O)c2ccccc12. The number of halogens is 1. The van der Waals surface area contributed by atoms with E-state index in [-0.39, 0.29) is 30.4 Å². The zero-order valence-corrected chi connectivity index (χ0v) is 16.7. The molecular formula is C23H19FN4O3. The molecule has 2 heterocycles. The van der Waals surface area contributed by atoms with Crippen molar-refractivity contribution in [1.29, 1.82) is 0 Å². The molecule has 0 aliphatic heterocycles. The molecule has 0 unspecified atom stereocenters. The molecule has 0 aliphatic carbocycles. The minimum Gasteiger partial charge on any atom is -0.439 e. The van der Waals surface area contributed by atoms with Gasteiger partial charge in [0, 0.05) is 29.8 Å². The van der Waals surface area contributed by atoms with Crippen LogP contribution in [0.2, 0.25) is 0 Å². The van der Waals surface area contributed by atoms with E-state index in [2.05, 4.69) is 15.4 Å². The van der Waals surface area contributed by atoms with Gasteiger partial charge in [-0.05, 0) is 31.2 Å². The molecule has 0 fully saturated rings. The number of fused-ring (bicyclic) bond motifs is 1. The van der Waals surface area contributed by atoms with E-state index < -0.39 is 5.82 Å². The van der Waals surface area contributed by atoms with Crippen LogP contribution in [0.3, 0.4) is 0 Å². The predicted molar refractivity (Wildman–Crippen MR) is 113 cm³/mol. The largest absolute Gasteiger partial charge is 0.439 e. The second kappa shape index (κ2) is 8.74. The number of aryl methyl sites for hydroxylation is 1. The van der Waals surface area contributed by atoms with E-state index in [1.165, 1.54) is 18.2 Å². The van der Waals surface area contributed by atoms with Gasteiger partial charge < -0.3 is 10.1 Å². The molecule has 1 amide bonds. The number of benzene rings is 2. The van der Waals surface area contributed by atoms with Crippen LogP contribution in [0.15, 0.2) is 71.7 Å². The average molecular weight is 418 g/mol. The van der Waals surface area contributed by atoms with Gasteiger partial charge in [0.1, 0.15) is 18.1 Å². The quantitative estimate of drug-likeness (QED) is 0.519. The average Bonchev–Trinajstić information content (AvgIpc) is 2.77. The third-order valence-corrected chi connectivity index (χ3v) is 4.68. The van der Waals surface area contributed by atoms with Crippen LogP contribution in [-0.4, -0.2) is 20.7 Å². The molecule has 31 heavy (non-hydrogen) atoms. The third-order valence-electron chi connectivity index (χ3n) is 4.68. The van der Waals surface area contributed by atoms with E-state index in [4.69, 9.17) is 4.74 Å². The van der Waals surface area contributed by atoms with Gasteiger partial charge in [0.2, 0.25) is 11.8 Å². The van der Waals surface area contributed by atoms with E-state index in [9.17, 15) is 14.0 Å². The maximum Gasteiger partial charge on any atom is 0.275 e. The highest BCUT2D eigenvalue weighted by Crippen LogP contribution is 2.23. The second-order valence-electron chi connectivity index (χ2n) is 6.90. The Morgan fingerprint density at radius 1 is 1.10 bits per heavy atom. The number of ether oxygens (including phenoxy) is 1. The number of carbonyl (C=O) groups is 1. The lowest BCUT2D eigenvalue weighted by Gasteiger charge is -2.12. The van der Waals surface area contributed by atoms with Crippen LogP contribution in [0.25, 0.3) is 10.8 Å². The summed E-state index contributed by atoms with van der Waals surface area (Å²) in [4.78, 5) is 29.3. The zero-order valence-electron chi connectivity index (χ0n) is 16.7. The Kier molecular flexibility index (Phi) is 5.70. The molecule has 0 saturated carbocycles. The van der Waals surface area contributed by atoms with Gasteiger partial charge in [0.25, 0.3) is 5.56 Å². The van der Waals surface area contributed by atoms with Gasteiger partial charge in [0.05, 0.1) is 11.1 Å². The Morgan fingerprint density at radius 2 is 1.90 bits per heavy atom. The summed E-state index contributed by atoms with van der Waals surface area (Å²) < 4.78 is 20.2. The first-order chi connectivity index (χ1) is 15.0. The van der Waals surface area contributed by atoms with E-state index in [1.54, 1.807) is 43.5 Å². The molecule has 7 nitrogen and oxygen atoms in total. The monoisotopic (exact) mass is 418 g/mol. The molecule has 4 aromatic rings. The van der Waals surface area contributed by atoms with Crippen molar-refractivity contribution in [2.75, 3.05) is 0 Å². The summed E-state index contributed by atoms with van der Waals surface area (Å²) in [5.41, 5.74) is 0.948. The van der Waals surface area contributed by atoms with Gasteiger partial charge in [-0.3, -0.25) is 9.59 Å². The number of pyridine rings is 1. The maximum absolute atomic E-state index is 13.4. The van der Waals surface area contributed by atoms with Crippen molar-refractivity contribution in [2.45, 2.75) is 20.0 Å². The van der Waals surface area contributed by atoms with Gasteiger partial charge in [-0.25, -0.2) is 14.1 Å². The van der Waals surface area contributed by atoms with Crippen molar-refractivity contribution < 1.29 is 13.9 Å². The van der Waals surface area contributed by atoms with E-state index >= 15 is 0 Å². The van der Waals surface area contributed by atoms with Crippen LogP contribution in [0, 0.1) is 12.7 Å². The summed E-state index contributed by atoms with van der Waals surface area (Å²) in [6.07, 6.45) is 1.54. The van der Waals surface area contributed by atoms with Crippen LogP contribution in [0.1, 0.15) is 11.3 Å². The molecule has 2 aromatic heterocycles. The van der Waals surface area contributed by atoms with Crippen LogP contribution >= 0.6 is 0 Å². The van der Waals surface area contributed by atoms with Gasteiger partial charge >= 0.3 is 0 Å². The first-order valence-corrected chi connectivity index (χ1v) is 9.62. The zero-order chi connectivity index (χ0) is 21.8. The van der Waals surface area contributed by atoms with Crippen LogP contribution < -0.4 is 15.6 Å². The number of rotatable bonds is 6. The second-order valence-corrected chi connectivity index (χ2v) is 6.90. The third kappa shape index (κ3) is 4.58. The van der Waals surface area contributed by atoms with Crippen molar-refractivity contribution >= 4 is 16.7 Å². The number of nitrogens with one attached hydrogen (secondary N) is 1. The molecule has 156 valence electrons. The number of hydrogen-bond acceptors (Lipinski definition) is 5. The molecule has 2 aromatic carbocycles. The predicted octanol–water partition coefficient (Wildman–Crippen LogP) is 3.35. The molecule has 4 rings (SSSR count). The fourth-order valence-corrected chi connectivity index (χ4v) is 3.19. The molecule has 0 aliphatic rings. The van der Waals surface area contributed by atoms with E-state index in [0.717, 1.165) is 10.1 Å². The smallest absolute Gasteiger partial charge is 0.275 e. The lowest BCUT2D eigenvalue weighted by Crippen LogP contribution is -2.34. The Hall–Kier alpha value is -4.07. The fraction of sp³-hybridized carbons (Fsp3) is 0.130. The number of carbonyl (C=O) groups excluding carboxylic acids is 1. The van der Waals surface area contributed by atoms with Crippen molar-refractivity contribution in [3.05, 3.63) is 94.3 Å². The summed E-state index contributed by atoms with van der Waals surface area (Å²) in [7, 11) is 0.